The van der Waals surface area contributed by atoms with E-state index in [1.54, 1.807) is 23.6 Å². The monoisotopic (exact) mass is 365 g/mol. The summed E-state index contributed by atoms with van der Waals surface area (Å²) < 4.78 is 0.901. The second-order valence-corrected chi connectivity index (χ2v) is 6.79. The minimum atomic E-state index is -0.00745. The van der Waals surface area contributed by atoms with Crippen molar-refractivity contribution in [2.24, 2.45) is 0 Å². The number of aromatic nitrogens is 1. The van der Waals surface area contributed by atoms with E-state index in [-0.39, 0.29) is 5.91 Å². The van der Waals surface area contributed by atoms with Crippen molar-refractivity contribution in [3.8, 4) is 0 Å². The van der Waals surface area contributed by atoms with Gasteiger partial charge in [-0.15, -0.1) is 0 Å². The van der Waals surface area contributed by atoms with Gasteiger partial charge in [0.1, 0.15) is 5.82 Å². The summed E-state index contributed by atoms with van der Waals surface area (Å²) in [5.41, 5.74) is 1.33. The Kier molecular flexibility index (Phi) is 4.67. The van der Waals surface area contributed by atoms with Crippen LogP contribution < -0.4 is 5.32 Å². The molecule has 1 N–H and O–H groups in total. The third-order valence-corrected chi connectivity index (χ3v) is 4.80. The summed E-state index contributed by atoms with van der Waals surface area (Å²) in [6.45, 7) is 1.39. The molecule has 0 saturated carbocycles. The highest BCUT2D eigenvalue weighted by molar-refractivity contribution is 9.10. The summed E-state index contributed by atoms with van der Waals surface area (Å²) in [5.74, 6) is 0.585. The lowest BCUT2D eigenvalue weighted by Gasteiger charge is -2.23. The molecule has 1 atom stereocenters. The number of carbonyl (C=O) groups excluding carboxylic acids is 1. The van der Waals surface area contributed by atoms with E-state index in [1.807, 2.05) is 6.07 Å². The van der Waals surface area contributed by atoms with Crippen molar-refractivity contribution >= 4 is 39.0 Å². The molecule has 1 amide bonds. The molecule has 3 heterocycles. The lowest BCUT2D eigenvalue weighted by atomic mass is 10.1. The van der Waals surface area contributed by atoms with Crippen LogP contribution in [0.1, 0.15) is 24.4 Å². The average molecular weight is 366 g/mol. The summed E-state index contributed by atoms with van der Waals surface area (Å²) in [5, 5.41) is 7.12. The van der Waals surface area contributed by atoms with E-state index in [9.17, 15) is 4.79 Å². The van der Waals surface area contributed by atoms with Gasteiger partial charge in [0.15, 0.2) is 0 Å². The van der Waals surface area contributed by atoms with Crippen LogP contribution in [0.15, 0.2) is 39.6 Å². The molecule has 21 heavy (non-hydrogen) atoms. The normalized spacial score (nSPS) is 18.8. The summed E-state index contributed by atoms with van der Waals surface area (Å²) in [4.78, 5) is 18.6. The van der Waals surface area contributed by atoms with Crippen molar-refractivity contribution in [3.63, 3.8) is 0 Å². The first-order valence-electron chi connectivity index (χ1n) is 6.90. The van der Waals surface area contributed by atoms with Crippen molar-refractivity contribution in [3.05, 3.63) is 45.2 Å². The van der Waals surface area contributed by atoms with Gasteiger partial charge >= 0.3 is 0 Å². The molecule has 2 aromatic heterocycles. The Hall–Kier alpha value is -1.24. The van der Waals surface area contributed by atoms with Crippen LogP contribution in [0, 0.1) is 0 Å². The Morgan fingerprint density at radius 2 is 2.38 bits per heavy atom. The lowest BCUT2D eigenvalue weighted by molar-refractivity contribution is -0.117. The summed E-state index contributed by atoms with van der Waals surface area (Å²) in [6, 6.07) is 6.19. The molecule has 0 radical (unpaired) electrons. The number of thiophene rings is 1. The number of amides is 1. The van der Waals surface area contributed by atoms with Gasteiger partial charge in [-0.2, -0.15) is 11.3 Å². The maximum atomic E-state index is 12.2. The predicted molar refractivity (Wildman–Crippen MR) is 88.4 cm³/mol. The number of anilines is 1. The molecule has 110 valence electrons. The van der Waals surface area contributed by atoms with E-state index in [0.717, 1.165) is 23.9 Å². The van der Waals surface area contributed by atoms with Crippen molar-refractivity contribution in [1.29, 1.82) is 0 Å². The topological polar surface area (TPSA) is 45.2 Å². The minimum absolute atomic E-state index is 0.00745. The van der Waals surface area contributed by atoms with Gasteiger partial charge in [-0.1, -0.05) is 0 Å². The number of nitrogens with one attached hydrogen (secondary N) is 1. The standard InChI is InChI=1S/C15H16BrN3OS/c16-12-3-4-14(17-8-12)18-15(20)9-19-6-1-2-13(19)11-5-7-21-10-11/h3-5,7-8,10,13H,1-2,6,9H2,(H,17,18,20). The van der Waals surface area contributed by atoms with Crippen LogP contribution in [0.3, 0.4) is 0 Å². The van der Waals surface area contributed by atoms with Crippen LogP contribution in [-0.4, -0.2) is 28.9 Å². The number of halogens is 1. The van der Waals surface area contributed by atoms with Crippen LogP contribution in [0.4, 0.5) is 5.82 Å². The highest BCUT2D eigenvalue weighted by Crippen LogP contribution is 2.32. The van der Waals surface area contributed by atoms with Gasteiger partial charge in [-0.05, 0) is 69.8 Å². The quantitative estimate of drug-likeness (QED) is 0.898. The molecule has 1 aliphatic rings. The molecule has 4 nitrogen and oxygen atoms in total. The Bertz CT molecular complexity index is 600. The van der Waals surface area contributed by atoms with E-state index in [4.69, 9.17) is 0 Å². The SMILES string of the molecule is O=C(CN1CCCC1c1ccsc1)Nc1ccc(Br)cn1. The van der Waals surface area contributed by atoms with Crippen LogP contribution in [-0.2, 0) is 4.79 Å². The van der Waals surface area contributed by atoms with Crippen LogP contribution in [0.25, 0.3) is 0 Å². The summed E-state index contributed by atoms with van der Waals surface area (Å²) in [7, 11) is 0. The maximum Gasteiger partial charge on any atom is 0.239 e. The van der Waals surface area contributed by atoms with Crippen molar-refractivity contribution in [2.75, 3.05) is 18.4 Å². The first-order chi connectivity index (χ1) is 10.2. The number of rotatable bonds is 4. The lowest BCUT2D eigenvalue weighted by Crippen LogP contribution is -2.32. The van der Waals surface area contributed by atoms with E-state index >= 15 is 0 Å². The van der Waals surface area contributed by atoms with Gasteiger partial charge in [0.25, 0.3) is 0 Å². The predicted octanol–water partition coefficient (Wildman–Crippen LogP) is 3.68. The van der Waals surface area contributed by atoms with Gasteiger partial charge in [-0.3, -0.25) is 9.69 Å². The van der Waals surface area contributed by atoms with E-state index in [0.29, 0.717) is 18.4 Å². The fourth-order valence-corrected chi connectivity index (χ4v) is 3.62. The third kappa shape index (κ3) is 3.70. The van der Waals surface area contributed by atoms with Crippen molar-refractivity contribution < 1.29 is 4.79 Å². The van der Waals surface area contributed by atoms with Gasteiger partial charge in [0.2, 0.25) is 5.91 Å². The zero-order valence-electron chi connectivity index (χ0n) is 11.5. The second kappa shape index (κ2) is 6.68. The zero-order chi connectivity index (χ0) is 14.7. The Morgan fingerprint density at radius 1 is 1.48 bits per heavy atom. The Morgan fingerprint density at radius 3 is 3.10 bits per heavy atom. The molecule has 0 aliphatic carbocycles. The number of hydrogen-bond donors (Lipinski definition) is 1. The number of nitrogens with zero attached hydrogens (tertiary/aromatic N) is 2. The van der Waals surface area contributed by atoms with Crippen LogP contribution in [0.2, 0.25) is 0 Å². The Balaban J connectivity index is 1.60. The highest BCUT2D eigenvalue weighted by atomic mass is 79.9. The molecule has 1 saturated heterocycles. The summed E-state index contributed by atoms with van der Waals surface area (Å²) >= 11 is 5.04. The highest BCUT2D eigenvalue weighted by Gasteiger charge is 2.27. The fourth-order valence-electron chi connectivity index (χ4n) is 2.67. The number of pyridine rings is 1. The molecule has 6 heteroatoms. The molecule has 1 fully saturated rings. The molecular weight excluding hydrogens is 350 g/mol. The van der Waals surface area contributed by atoms with Crippen molar-refractivity contribution in [1.82, 2.24) is 9.88 Å². The average Bonchev–Trinajstić information content (AvgIpc) is 3.11. The van der Waals surface area contributed by atoms with E-state index < -0.39 is 0 Å². The smallest absolute Gasteiger partial charge is 0.239 e. The second-order valence-electron chi connectivity index (χ2n) is 5.10. The molecule has 1 aliphatic heterocycles. The fraction of sp³-hybridized carbons (Fsp3) is 0.333. The molecule has 1 unspecified atom stereocenters. The van der Waals surface area contributed by atoms with Gasteiger partial charge in [0.05, 0.1) is 6.54 Å². The molecule has 2 aromatic rings. The third-order valence-electron chi connectivity index (χ3n) is 3.63. The van der Waals surface area contributed by atoms with E-state index in [1.165, 1.54) is 5.56 Å². The number of hydrogen-bond acceptors (Lipinski definition) is 4. The van der Waals surface area contributed by atoms with Gasteiger partial charge in [-0.25, -0.2) is 4.98 Å². The molecule has 0 bridgehead atoms. The van der Waals surface area contributed by atoms with Crippen LogP contribution >= 0.6 is 27.3 Å². The Labute approximate surface area is 136 Å². The maximum absolute atomic E-state index is 12.2. The molecular formula is C15H16BrN3OS. The van der Waals surface area contributed by atoms with Gasteiger partial charge in [0, 0.05) is 16.7 Å². The van der Waals surface area contributed by atoms with Crippen LogP contribution in [0.5, 0.6) is 0 Å². The first-order valence-corrected chi connectivity index (χ1v) is 8.63. The molecule has 0 spiro atoms. The zero-order valence-corrected chi connectivity index (χ0v) is 13.9. The number of carbonyl (C=O) groups is 1. The van der Waals surface area contributed by atoms with Gasteiger partial charge < -0.3 is 5.32 Å². The molecule has 0 aromatic carbocycles. The van der Waals surface area contributed by atoms with E-state index in [2.05, 4.69) is 48.0 Å². The molecule has 3 rings (SSSR count). The van der Waals surface area contributed by atoms with Crippen molar-refractivity contribution in [2.45, 2.75) is 18.9 Å². The number of likely N-dealkylation sites (tertiary alicyclic amines) is 1. The first kappa shape index (κ1) is 14.7. The minimum Gasteiger partial charge on any atom is -0.310 e. The summed E-state index contributed by atoms with van der Waals surface area (Å²) in [6.07, 6.45) is 3.95. The largest absolute Gasteiger partial charge is 0.310 e.